The molecule has 0 amide bonds. The van der Waals surface area contributed by atoms with Crippen LogP contribution in [0.2, 0.25) is 0 Å². The van der Waals surface area contributed by atoms with Crippen LogP contribution in [0.5, 0.6) is 0 Å². The molecule has 2 N–H and O–H groups in total. The maximum absolute atomic E-state index is 12.0. The fourth-order valence-electron chi connectivity index (χ4n) is 1.59. The van der Waals surface area contributed by atoms with E-state index in [4.69, 9.17) is 5.11 Å². The first-order valence-electron chi connectivity index (χ1n) is 5.17. The number of carboxylic acids is 1. The molecule has 1 heterocycles. The van der Waals surface area contributed by atoms with Crippen LogP contribution in [-0.4, -0.2) is 25.5 Å². The van der Waals surface area contributed by atoms with Crippen molar-refractivity contribution in [1.82, 2.24) is 4.72 Å². The summed E-state index contributed by atoms with van der Waals surface area (Å²) in [7, 11) is -3.58. The molecule has 17 heavy (non-hydrogen) atoms. The third kappa shape index (κ3) is 2.51. The molecule has 2 atom stereocenters. The van der Waals surface area contributed by atoms with Crippen LogP contribution in [0, 0.1) is 12.8 Å². The van der Waals surface area contributed by atoms with Gasteiger partial charge in [0.1, 0.15) is 4.88 Å². The molecule has 0 radical (unpaired) electrons. The summed E-state index contributed by atoms with van der Waals surface area (Å²) >= 11 is 0.979. The van der Waals surface area contributed by atoms with Crippen LogP contribution in [-0.2, 0) is 10.0 Å². The second-order valence-electron chi connectivity index (χ2n) is 4.28. The fourth-order valence-corrected chi connectivity index (χ4v) is 4.37. The largest absolute Gasteiger partial charge is 0.477 e. The lowest BCUT2D eigenvalue weighted by atomic mass is 10.4. The van der Waals surface area contributed by atoms with Gasteiger partial charge < -0.3 is 5.11 Å². The lowest BCUT2D eigenvalue weighted by molar-refractivity contribution is 0.0702. The molecule has 0 aliphatic heterocycles. The molecule has 2 rings (SSSR count). The van der Waals surface area contributed by atoms with Crippen LogP contribution in [0.4, 0.5) is 0 Å². The van der Waals surface area contributed by atoms with E-state index < -0.39 is 16.0 Å². The highest BCUT2D eigenvalue weighted by Crippen LogP contribution is 2.32. The van der Waals surface area contributed by atoms with Crippen molar-refractivity contribution in [2.45, 2.75) is 31.2 Å². The second-order valence-corrected chi connectivity index (χ2v) is 7.22. The maximum atomic E-state index is 12.0. The van der Waals surface area contributed by atoms with E-state index in [2.05, 4.69) is 4.72 Å². The van der Waals surface area contributed by atoms with E-state index in [0.717, 1.165) is 17.8 Å². The number of sulfonamides is 1. The normalized spacial score (nSPS) is 23.6. The summed E-state index contributed by atoms with van der Waals surface area (Å²) in [4.78, 5) is 11.4. The average molecular weight is 275 g/mol. The Kier molecular flexibility index (Phi) is 3.01. The maximum Gasteiger partial charge on any atom is 0.345 e. The van der Waals surface area contributed by atoms with E-state index in [-0.39, 0.29) is 15.8 Å². The lowest BCUT2D eigenvalue weighted by Crippen LogP contribution is -2.26. The number of hydrogen-bond donors (Lipinski definition) is 2. The lowest BCUT2D eigenvalue weighted by Gasteiger charge is -2.04. The van der Waals surface area contributed by atoms with Gasteiger partial charge in [0.2, 0.25) is 10.0 Å². The van der Waals surface area contributed by atoms with Crippen molar-refractivity contribution in [3.63, 3.8) is 0 Å². The summed E-state index contributed by atoms with van der Waals surface area (Å²) in [5.74, 6) is -0.734. The zero-order chi connectivity index (χ0) is 12.8. The Hall–Kier alpha value is -0.920. The molecule has 1 aromatic rings. The smallest absolute Gasteiger partial charge is 0.345 e. The van der Waals surface area contributed by atoms with Crippen molar-refractivity contribution in [1.29, 1.82) is 0 Å². The topological polar surface area (TPSA) is 83.5 Å². The predicted molar refractivity (Wildman–Crippen MR) is 63.9 cm³/mol. The van der Waals surface area contributed by atoms with Crippen LogP contribution in [0.3, 0.4) is 0 Å². The number of hydrogen-bond acceptors (Lipinski definition) is 4. The third-order valence-electron chi connectivity index (χ3n) is 2.79. The van der Waals surface area contributed by atoms with Gasteiger partial charge in [-0.05, 0) is 25.3 Å². The number of carbonyl (C=O) groups is 1. The highest BCUT2D eigenvalue weighted by Gasteiger charge is 2.37. The van der Waals surface area contributed by atoms with Crippen LogP contribution >= 0.6 is 11.3 Å². The molecule has 94 valence electrons. The van der Waals surface area contributed by atoms with E-state index >= 15 is 0 Å². The van der Waals surface area contributed by atoms with Gasteiger partial charge in [-0.25, -0.2) is 17.9 Å². The minimum Gasteiger partial charge on any atom is -0.477 e. The summed E-state index contributed by atoms with van der Waals surface area (Å²) in [5, 5.41) is 8.82. The molecule has 1 aliphatic rings. The molecule has 2 unspecified atom stereocenters. The predicted octanol–water partition coefficient (Wildman–Crippen LogP) is 1.44. The van der Waals surface area contributed by atoms with Crippen LogP contribution in [0.1, 0.15) is 27.9 Å². The van der Waals surface area contributed by atoms with Gasteiger partial charge in [-0.3, -0.25) is 0 Å². The Balaban J connectivity index is 2.29. The van der Waals surface area contributed by atoms with Gasteiger partial charge in [0.05, 0.1) is 4.90 Å². The highest BCUT2D eigenvalue weighted by atomic mass is 32.2. The van der Waals surface area contributed by atoms with Gasteiger partial charge in [-0.2, -0.15) is 0 Å². The molecular weight excluding hydrogens is 262 g/mol. The Morgan fingerprint density at radius 2 is 2.18 bits per heavy atom. The van der Waals surface area contributed by atoms with E-state index in [1.54, 1.807) is 6.92 Å². The monoisotopic (exact) mass is 275 g/mol. The first-order valence-corrected chi connectivity index (χ1v) is 7.47. The zero-order valence-electron chi connectivity index (χ0n) is 9.43. The Bertz CT molecular complexity index is 561. The molecule has 0 aromatic carbocycles. The van der Waals surface area contributed by atoms with Gasteiger partial charge in [0, 0.05) is 10.9 Å². The highest BCUT2D eigenvalue weighted by molar-refractivity contribution is 7.89. The van der Waals surface area contributed by atoms with Gasteiger partial charge in [-0.1, -0.05) is 6.92 Å². The molecule has 1 aliphatic carbocycles. The zero-order valence-corrected chi connectivity index (χ0v) is 11.1. The summed E-state index contributed by atoms with van der Waals surface area (Å²) < 4.78 is 26.6. The van der Waals surface area contributed by atoms with Crippen molar-refractivity contribution in [2.75, 3.05) is 0 Å². The van der Waals surface area contributed by atoms with Gasteiger partial charge in [-0.15, -0.1) is 11.3 Å². The summed E-state index contributed by atoms with van der Waals surface area (Å²) in [6.07, 6.45) is 0.841. The molecule has 0 bridgehead atoms. The number of thiophene rings is 1. The summed E-state index contributed by atoms with van der Waals surface area (Å²) in [6, 6.07) is 1.21. The summed E-state index contributed by atoms with van der Waals surface area (Å²) in [6.45, 7) is 3.58. The van der Waals surface area contributed by atoms with Crippen molar-refractivity contribution in [3.8, 4) is 0 Å². The number of aryl methyl sites for hydroxylation is 1. The number of rotatable bonds is 4. The number of carboxylic acid groups (broad SMARTS) is 1. The molecule has 1 saturated carbocycles. The van der Waals surface area contributed by atoms with E-state index in [9.17, 15) is 13.2 Å². The van der Waals surface area contributed by atoms with Crippen molar-refractivity contribution < 1.29 is 18.3 Å². The van der Waals surface area contributed by atoms with E-state index in [0.29, 0.717) is 10.8 Å². The standard InChI is InChI=1S/C10H13NO4S2/c1-5-3-7(5)11-17(14,15)9-4-8(10(12)13)16-6(9)2/h4-5,7,11H,3H2,1-2H3,(H,12,13). The van der Waals surface area contributed by atoms with E-state index in [1.807, 2.05) is 6.92 Å². The molecule has 1 aromatic heterocycles. The Labute approximate surface area is 104 Å². The first kappa shape index (κ1) is 12.5. The number of nitrogens with one attached hydrogen (secondary N) is 1. The summed E-state index contributed by atoms with van der Waals surface area (Å²) in [5.41, 5.74) is 0. The van der Waals surface area contributed by atoms with E-state index in [1.165, 1.54) is 6.07 Å². The van der Waals surface area contributed by atoms with Crippen molar-refractivity contribution in [3.05, 3.63) is 15.8 Å². The molecular formula is C10H13NO4S2. The molecule has 0 saturated heterocycles. The Morgan fingerprint density at radius 3 is 2.59 bits per heavy atom. The van der Waals surface area contributed by atoms with Crippen LogP contribution < -0.4 is 4.72 Å². The fraction of sp³-hybridized carbons (Fsp3) is 0.500. The second kappa shape index (κ2) is 4.08. The minimum absolute atomic E-state index is 0.00687. The first-order chi connectivity index (χ1) is 7.81. The minimum atomic E-state index is -3.58. The van der Waals surface area contributed by atoms with Gasteiger partial charge >= 0.3 is 5.97 Å². The van der Waals surface area contributed by atoms with Crippen LogP contribution in [0.25, 0.3) is 0 Å². The van der Waals surface area contributed by atoms with Crippen molar-refractivity contribution in [2.24, 2.45) is 5.92 Å². The Morgan fingerprint density at radius 1 is 1.59 bits per heavy atom. The quantitative estimate of drug-likeness (QED) is 0.871. The van der Waals surface area contributed by atoms with Gasteiger partial charge in [0.25, 0.3) is 0 Å². The number of aromatic carboxylic acids is 1. The molecule has 5 nitrogen and oxygen atoms in total. The molecule has 7 heteroatoms. The van der Waals surface area contributed by atoms with Gasteiger partial charge in [0.15, 0.2) is 0 Å². The molecule has 1 fully saturated rings. The SMILES string of the molecule is Cc1sc(C(=O)O)cc1S(=O)(=O)NC1CC1C. The third-order valence-corrected chi connectivity index (χ3v) is 5.57. The van der Waals surface area contributed by atoms with Crippen molar-refractivity contribution >= 4 is 27.3 Å². The van der Waals surface area contributed by atoms with Crippen LogP contribution in [0.15, 0.2) is 11.0 Å². The average Bonchev–Trinajstić information content (AvgIpc) is 2.74. The molecule has 0 spiro atoms.